The number of hydrogen-bond acceptors (Lipinski definition) is 27. The summed E-state index contributed by atoms with van der Waals surface area (Å²) in [7, 11) is 11.9. The van der Waals surface area contributed by atoms with Crippen LogP contribution < -0.4 is 63.7 Å². The van der Waals surface area contributed by atoms with Crippen molar-refractivity contribution in [3.8, 4) is 22.6 Å². The van der Waals surface area contributed by atoms with Crippen LogP contribution in [-0.4, -0.2) is 112 Å². The SMILES string of the molecule is CN1C=CN(c2[c-]cccc2)[CH-]1.CN1C=CN(c2[c-]cccc2)[CH-]1.CN1C=CN(c2[c-]cccc2)[CH-]1.CN1[CH-]N(c2[c-]cccc2)c2cncnc21.CN1[CH-]N(c2[c-]cccc2)c2nccnc21.Cc1cccc(C)c1-c1ncnc2c1N(c1ccccc1)[CH-]N2c1[c-]cccc1.Cc1cnccc1-c1ncc2c(n1)N(C)[CH-]N2c1[c-]cccc1.[Ir].[Ir].[Ir].[Ir].[Ir].[c-]1ccccc1N1[CH-]N(c2ccccc2)c2nccnc21. The Bertz CT molecular complexity index is 6700. The van der Waals surface area contributed by atoms with Gasteiger partial charge in [0.1, 0.15) is 53.4 Å². The molecule has 0 spiro atoms. The molecule has 146 heavy (non-hydrogen) atoms. The molecule has 0 saturated heterocycles. The van der Waals surface area contributed by atoms with Gasteiger partial charge >= 0.3 is 0 Å². The van der Waals surface area contributed by atoms with Crippen LogP contribution in [0.5, 0.6) is 0 Å². The molecule has 6 aromatic heterocycles. The van der Waals surface area contributed by atoms with Crippen molar-refractivity contribution >= 4 is 115 Å². The second-order valence-corrected chi connectivity index (χ2v) is 32.5. The quantitative estimate of drug-likeness (QED) is 0.105. The molecule has 25 rings (SSSR count). The van der Waals surface area contributed by atoms with Gasteiger partial charge in [0.15, 0.2) is 5.82 Å². The number of fused-ring (bicyclic) bond motifs is 5. The van der Waals surface area contributed by atoms with E-state index in [1.807, 2.05) is 469 Å². The van der Waals surface area contributed by atoms with E-state index in [1.54, 1.807) is 43.6 Å². The van der Waals surface area contributed by atoms with E-state index in [-0.39, 0.29) is 101 Å². The Hall–Kier alpha value is -14.8. The van der Waals surface area contributed by atoms with Crippen molar-refractivity contribution in [3.05, 3.63) is 497 Å². The molecule has 0 fully saturated rings. The van der Waals surface area contributed by atoms with Crippen LogP contribution in [0.25, 0.3) is 22.6 Å². The van der Waals surface area contributed by atoms with Crippen LogP contribution in [0.1, 0.15) is 16.7 Å². The number of aromatic nitrogens is 11. The van der Waals surface area contributed by atoms with Crippen molar-refractivity contribution in [3.63, 3.8) is 0 Å². The predicted octanol–water partition coefficient (Wildman–Crippen LogP) is 22.5. The molecule has 27 nitrogen and oxygen atoms in total. The molecule has 0 bridgehead atoms. The Morgan fingerprint density at radius 1 is 0.247 bits per heavy atom. The van der Waals surface area contributed by atoms with E-state index in [0.717, 1.165) is 137 Å². The molecule has 0 N–H and O–H groups in total. The minimum atomic E-state index is 0. The maximum absolute atomic E-state index is 4.74. The van der Waals surface area contributed by atoms with Gasteiger partial charge in [-0.05, 0) is 147 Å². The molecule has 5 radical (unpaired) electrons. The molecule has 11 aromatic carbocycles. The van der Waals surface area contributed by atoms with Gasteiger partial charge in [0.05, 0.1) is 35.1 Å². The Kier molecular flexibility index (Phi) is 39.1. The summed E-state index contributed by atoms with van der Waals surface area (Å²) in [4.78, 5) is 81.0. The van der Waals surface area contributed by atoms with Gasteiger partial charge in [0.25, 0.3) is 0 Å². The number of para-hydroxylation sites is 10. The molecular weight excluding hydrogens is 2710 g/mol. The number of pyridine rings is 1. The third kappa shape index (κ3) is 26.1. The summed E-state index contributed by atoms with van der Waals surface area (Å²) in [6.07, 6.45) is 29.3. The van der Waals surface area contributed by atoms with Crippen LogP contribution in [-0.2, 0) is 101 Å². The van der Waals surface area contributed by atoms with E-state index in [9.17, 15) is 0 Å². The number of rotatable bonds is 12. The fourth-order valence-corrected chi connectivity index (χ4v) is 15.8. The van der Waals surface area contributed by atoms with Gasteiger partial charge in [-0.3, -0.25) is 4.98 Å². The first-order chi connectivity index (χ1) is 69.2. The largest absolute Gasteiger partial charge is 0.510 e. The van der Waals surface area contributed by atoms with Crippen LogP contribution in [0, 0.1) is 123 Å². The van der Waals surface area contributed by atoms with E-state index >= 15 is 0 Å². The number of nitrogens with zero attached hydrogens (tertiary/aromatic N) is 27. The van der Waals surface area contributed by atoms with Crippen molar-refractivity contribution in [1.29, 1.82) is 0 Å². The Balaban J connectivity index is 0.000000141. The number of benzene rings is 11. The number of aryl methyl sites for hydroxylation is 3. The first-order valence-electron chi connectivity index (χ1n) is 45.3. The van der Waals surface area contributed by atoms with E-state index < -0.39 is 0 Å². The predicted molar refractivity (Wildman–Crippen MR) is 561 cm³/mol. The van der Waals surface area contributed by atoms with Crippen molar-refractivity contribution < 1.29 is 101 Å². The average Bonchev–Trinajstić information content (AvgIpc) is 1.58. The van der Waals surface area contributed by atoms with Gasteiger partial charge in [-0.15, -0.1) is 65.5 Å². The van der Waals surface area contributed by atoms with E-state index in [0.29, 0.717) is 5.82 Å². The molecule has 0 unspecified atom stereocenters. The minimum Gasteiger partial charge on any atom is -0.510 e. The van der Waals surface area contributed by atoms with Crippen LogP contribution in [0.4, 0.5) is 115 Å². The fourth-order valence-electron chi connectivity index (χ4n) is 15.8. The molecule has 17 aromatic rings. The summed E-state index contributed by atoms with van der Waals surface area (Å²) in [5, 5.41) is 0. The monoisotopic (exact) mass is 2810 g/mol. The normalized spacial score (nSPS) is 13.5. The molecule has 14 heterocycles. The van der Waals surface area contributed by atoms with Gasteiger partial charge < -0.3 is 78.4 Å². The summed E-state index contributed by atoms with van der Waals surface area (Å²) < 4.78 is 0. The first kappa shape index (κ1) is 108. The Labute approximate surface area is 923 Å². The number of hydrogen-bond donors (Lipinski definition) is 0. The molecule has 0 aliphatic carbocycles. The molecule has 0 amide bonds. The van der Waals surface area contributed by atoms with Gasteiger partial charge in [-0.1, -0.05) is 54.6 Å². The summed E-state index contributed by atoms with van der Waals surface area (Å²) in [5.41, 5.74) is 19.6. The molecule has 8 aliphatic rings. The van der Waals surface area contributed by atoms with Crippen LogP contribution in [0.3, 0.4) is 0 Å². The van der Waals surface area contributed by atoms with Gasteiger partial charge in [0.2, 0.25) is 0 Å². The summed E-state index contributed by atoms with van der Waals surface area (Å²) in [5.74, 6) is 6.68. The van der Waals surface area contributed by atoms with E-state index in [1.165, 1.54) is 11.1 Å². The third-order valence-corrected chi connectivity index (χ3v) is 22.6. The average molecular weight is 2810 g/mol. The van der Waals surface area contributed by atoms with Crippen molar-refractivity contribution in [2.24, 2.45) is 0 Å². The van der Waals surface area contributed by atoms with E-state index in [4.69, 9.17) is 9.97 Å². The molecule has 749 valence electrons. The summed E-state index contributed by atoms with van der Waals surface area (Å²) in [6, 6.07) is 117. The third-order valence-electron chi connectivity index (χ3n) is 22.6. The topological polar surface area (TPSA) is 194 Å². The van der Waals surface area contributed by atoms with Gasteiger partial charge in [0, 0.05) is 160 Å². The van der Waals surface area contributed by atoms with Crippen LogP contribution in [0.15, 0.2) is 378 Å². The zero-order valence-electron chi connectivity index (χ0n) is 80.7. The van der Waals surface area contributed by atoms with Gasteiger partial charge in [-0.25, -0.2) is 49.8 Å². The van der Waals surface area contributed by atoms with Crippen molar-refractivity contribution in [2.75, 3.05) is 106 Å². The number of anilines is 20. The van der Waals surface area contributed by atoms with Crippen molar-refractivity contribution in [2.45, 2.75) is 20.8 Å². The second kappa shape index (κ2) is 52.7. The maximum atomic E-state index is 4.74. The van der Waals surface area contributed by atoms with Gasteiger partial charge in [-0.2, -0.15) is 276 Å². The molecule has 32 heteroatoms. The molecule has 8 aliphatic heterocycles. The zero-order chi connectivity index (χ0) is 96.8. The first-order valence-corrected chi connectivity index (χ1v) is 45.3. The Morgan fingerprint density at radius 3 is 1.03 bits per heavy atom. The smallest absolute Gasteiger partial charge is 0.161 e. The molecular formula is C114H97Ir5N27-16. The Morgan fingerprint density at radius 2 is 0.603 bits per heavy atom. The molecule has 0 atom stereocenters. The van der Waals surface area contributed by atoms with Crippen molar-refractivity contribution in [1.82, 2.24) is 69.5 Å². The minimum absolute atomic E-state index is 0. The summed E-state index contributed by atoms with van der Waals surface area (Å²) >= 11 is 0. The van der Waals surface area contributed by atoms with Crippen LogP contribution in [0.2, 0.25) is 0 Å². The standard InChI is InChI=1S/C25H20N4.C18H15N5.C17H12N4.2C12H10N4.3C10H10N2.5Ir/c1-18-10-9-11-19(2)22(18)23-24-25(27-16-26-23)29(21-14-7-4-8-15-21)17-28(24)20-12-5-3-6-13-20;1-13-10-19-9-8-15(13)17-20-11-16-18(21-17)22(2)12-23(16)14-6-4-3-5-7-14;1-3-7-14(8-4-1)20-13-21(15-9-5-2-6-10-15)17-16(20)18-11-12-19-17;1-15-9-16(10-5-3-2-4-6-10)11-7-13-8-14-12(11)15;1-15-9-16(10-5-3-2-4-6-10)12-11(15)13-7-8-14-12;3*1-11-7-8-12(9-11)10-5-3-2-4-6-10;;;;;/h3-14,16-17H,1-2H3;3-6,8-12H,1-2H3;1-9,11-13H;2*2-5,7-9H,1H3;3*2-5,7-9H,1H3;;;;;/q8*-2;;;;;. The molecule has 0 saturated carbocycles. The zero-order valence-corrected chi connectivity index (χ0v) is 92.6. The van der Waals surface area contributed by atoms with Crippen LogP contribution >= 0.6 is 0 Å². The maximum Gasteiger partial charge on any atom is 0.161 e. The fraction of sp³-hybridized carbons (Fsp3) is 0.0789. The second-order valence-electron chi connectivity index (χ2n) is 32.5. The summed E-state index contributed by atoms with van der Waals surface area (Å²) in [6.45, 7) is 22.3. The van der Waals surface area contributed by atoms with E-state index in [2.05, 4.69) is 154 Å².